The second-order valence-corrected chi connectivity index (χ2v) is 5.55. The molecular weight excluding hydrogens is 389 g/mol. The highest BCUT2D eigenvalue weighted by Gasteiger charge is 2.04. The molecule has 0 aliphatic rings. The molecule has 0 aliphatic heterocycles. The van der Waals surface area contributed by atoms with Gasteiger partial charge >= 0.3 is 0 Å². The lowest BCUT2D eigenvalue weighted by atomic mass is 10.1. The van der Waals surface area contributed by atoms with Crippen LogP contribution in [0.5, 0.6) is 0 Å². The van der Waals surface area contributed by atoms with Gasteiger partial charge < -0.3 is 15.4 Å². The Morgan fingerprint density at radius 3 is 2.41 bits per heavy atom. The molecule has 4 nitrogen and oxygen atoms in total. The summed E-state index contributed by atoms with van der Waals surface area (Å²) in [5.74, 6) is 1.47. The van der Waals surface area contributed by atoms with Crippen LogP contribution in [0.4, 0.5) is 0 Å². The zero-order valence-corrected chi connectivity index (χ0v) is 16.5. The normalized spacial score (nSPS) is 12.7. The standard InChI is InChI=1S/C17H29N3O.HI/c1-14(2)13-20-17(18-4)19-11-8-12-21-15(3)16-9-6-5-7-10-16;/h5-7,9-10,14-15H,8,11-13H2,1-4H3,(H2,18,19,20);1H. The van der Waals surface area contributed by atoms with Crippen LogP contribution in [-0.4, -0.2) is 32.7 Å². The van der Waals surface area contributed by atoms with Crippen LogP contribution in [0.15, 0.2) is 35.3 Å². The summed E-state index contributed by atoms with van der Waals surface area (Å²) in [6.45, 7) is 8.98. The van der Waals surface area contributed by atoms with E-state index in [0.29, 0.717) is 5.92 Å². The Balaban J connectivity index is 0.00000441. The van der Waals surface area contributed by atoms with Crippen LogP contribution in [-0.2, 0) is 4.74 Å². The van der Waals surface area contributed by atoms with Gasteiger partial charge in [-0.2, -0.15) is 0 Å². The lowest BCUT2D eigenvalue weighted by Gasteiger charge is -2.15. The van der Waals surface area contributed by atoms with E-state index in [-0.39, 0.29) is 30.1 Å². The van der Waals surface area contributed by atoms with E-state index < -0.39 is 0 Å². The van der Waals surface area contributed by atoms with Crippen LogP contribution in [0.3, 0.4) is 0 Å². The molecule has 1 atom stereocenters. The molecule has 1 aromatic rings. The molecule has 0 saturated carbocycles. The number of guanidine groups is 1. The van der Waals surface area contributed by atoms with Gasteiger partial charge in [0.2, 0.25) is 0 Å². The van der Waals surface area contributed by atoms with E-state index in [9.17, 15) is 0 Å². The van der Waals surface area contributed by atoms with Gasteiger partial charge in [-0.15, -0.1) is 24.0 Å². The van der Waals surface area contributed by atoms with Crippen molar-refractivity contribution in [2.75, 3.05) is 26.7 Å². The molecule has 0 fully saturated rings. The van der Waals surface area contributed by atoms with Gasteiger partial charge in [-0.1, -0.05) is 44.2 Å². The summed E-state index contributed by atoms with van der Waals surface area (Å²) in [5.41, 5.74) is 1.22. The maximum Gasteiger partial charge on any atom is 0.190 e. The Labute approximate surface area is 152 Å². The zero-order valence-electron chi connectivity index (χ0n) is 14.1. The molecule has 0 aromatic heterocycles. The maximum absolute atomic E-state index is 5.84. The number of benzene rings is 1. The molecule has 0 saturated heterocycles. The Morgan fingerprint density at radius 1 is 1.14 bits per heavy atom. The Kier molecular flexibility index (Phi) is 12.2. The Bertz CT molecular complexity index is 410. The van der Waals surface area contributed by atoms with Gasteiger partial charge in [0, 0.05) is 26.7 Å². The van der Waals surface area contributed by atoms with Gasteiger partial charge in [0.05, 0.1) is 6.10 Å². The lowest BCUT2D eigenvalue weighted by molar-refractivity contribution is 0.0646. The molecule has 0 spiro atoms. The first-order valence-corrected chi connectivity index (χ1v) is 7.74. The minimum absolute atomic E-state index is 0. The average Bonchev–Trinajstić information content (AvgIpc) is 2.50. The van der Waals surface area contributed by atoms with Gasteiger partial charge in [0.1, 0.15) is 0 Å². The molecule has 126 valence electrons. The molecule has 0 bridgehead atoms. The molecule has 0 amide bonds. The summed E-state index contributed by atoms with van der Waals surface area (Å²) in [4.78, 5) is 4.19. The highest BCUT2D eigenvalue weighted by atomic mass is 127. The van der Waals surface area contributed by atoms with Gasteiger partial charge in [0.25, 0.3) is 0 Å². The van der Waals surface area contributed by atoms with Crippen molar-refractivity contribution in [1.29, 1.82) is 0 Å². The fourth-order valence-electron chi connectivity index (χ4n) is 1.88. The molecule has 1 rings (SSSR count). The Hall–Kier alpha value is -0.820. The smallest absolute Gasteiger partial charge is 0.190 e. The predicted molar refractivity (Wildman–Crippen MR) is 105 cm³/mol. The monoisotopic (exact) mass is 419 g/mol. The van der Waals surface area contributed by atoms with E-state index in [1.54, 1.807) is 7.05 Å². The third-order valence-electron chi connectivity index (χ3n) is 3.15. The summed E-state index contributed by atoms with van der Waals surface area (Å²) in [5, 5.41) is 6.59. The molecule has 0 heterocycles. The summed E-state index contributed by atoms with van der Waals surface area (Å²) >= 11 is 0. The molecule has 1 unspecified atom stereocenters. The fraction of sp³-hybridized carbons (Fsp3) is 0.588. The van der Waals surface area contributed by atoms with Gasteiger partial charge in [-0.25, -0.2) is 0 Å². The summed E-state index contributed by atoms with van der Waals surface area (Å²) in [6.07, 6.45) is 1.10. The van der Waals surface area contributed by atoms with E-state index in [4.69, 9.17) is 4.74 Å². The van der Waals surface area contributed by atoms with Crippen molar-refractivity contribution in [3.63, 3.8) is 0 Å². The fourth-order valence-corrected chi connectivity index (χ4v) is 1.88. The highest BCUT2D eigenvalue weighted by Crippen LogP contribution is 2.15. The average molecular weight is 419 g/mol. The number of nitrogens with zero attached hydrogens (tertiary/aromatic N) is 1. The summed E-state index contributed by atoms with van der Waals surface area (Å²) in [6, 6.07) is 10.3. The maximum atomic E-state index is 5.84. The SMILES string of the molecule is CN=C(NCCCOC(C)c1ccccc1)NCC(C)C.I. The zero-order chi connectivity index (χ0) is 15.5. The number of nitrogens with one attached hydrogen (secondary N) is 2. The number of hydrogen-bond donors (Lipinski definition) is 2. The Morgan fingerprint density at radius 2 is 1.82 bits per heavy atom. The summed E-state index contributed by atoms with van der Waals surface area (Å²) < 4.78 is 5.84. The quantitative estimate of drug-likeness (QED) is 0.293. The number of halogens is 1. The lowest BCUT2D eigenvalue weighted by Crippen LogP contribution is -2.39. The molecule has 1 aromatic carbocycles. The predicted octanol–water partition coefficient (Wildman–Crippen LogP) is 3.59. The minimum Gasteiger partial charge on any atom is -0.374 e. The number of ether oxygens (including phenoxy) is 1. The van der Waals surface area contributed by atoms with Gasteiger partial charge in [-0.3, -0.25) is 4.99 Å². The van der Waals surface area contributed by atoms with Crippen molar-refractivity contribution in [2.45, 2.75) is 33.3 Å². The molecule has 0 aliphatic carbocycles. The third kappa shape index (κ3) is 9.25. The number of aliphatic imine (C=N–C) groups is 1. The second kappa shape index (κ2) is 12.7. The van der Waals surface area contributed by atoms with Crippen LogP contribution >= 0.6 is 24.0 Å². The highest BCUT2D eigenvalue weighted by molar-refractivity contribution is 14.0. The van der Waals surface area contributed by atoms with E-state index in [2.05, 4.69) is 48.5 Å². The topological polar surface area (TPSA) is 45.7 Å². The van der Waals surface area contributed by atoms with Crippen LogP contribution in [0, 0.1) is 5.92 Å². The molecular formula is C17H30IN3O. The van der Waals surface area contributed by atoms with E-state index in [1.807, 2.05) is 18.2 Å². The number of rotatable bonds is 8. The van der Waals surface area contributed by atoms with Crippen LogP contribution in [0.2, 0.25) is 0 Å². The first kappa shape index (κ1) is 21.2. The van der Waals surface area contributed by atoms with Gasteiger partial charge in [0.15, 0.2) is 5.96 Å². The largest absolute Gasteiger partial charge is 0.374 e. The molecule has 0 radical (unpaired) electrons. The van der Waals surface area contributed by atoms with Crippen molar-refractivity contribution in [3.8, 4) is 0 Å². The molecule has 22 heavy (non-hydrogen) atoms. The van der Waals surface area contributed by atoms with Crippen LogP contribution < -0.4 is 10.6 Å². The van der Waals surface area contributed by atoms with Crippen LogP contribution in [0.25, 0.3) is 0 Å². The molecule has 5 heteroatoms. The first-order chi connectivity index (χ1) is 10.1. The molecule has 2 N–H and O–H groups in total. The van der Waals surface area contributed by atoms with E-state index in [1.165, 1.54) is 5.56 Å². The third-order valence-corrected chi connectivity index (χ3v) is 3.15. The van der Waals surface area contributed by atoms with Crippen molar-refractivity contribution in [2.24, 2.45) is 10.9 Å². The van der Waals surface area contributed by atoms with Crippen molar-refractivity contribution in [1.82, 2.24) is 10.6 Å². The minimum atomic E-state index is 0. The second-order valence-electron chi connectivity index (χ2n) is 5.55. The van der Waals surface area contributed by atoms with Gasteiger partial charge in [-0.05, 0) is 24.8 Å². The van der Waals surface area contributed by atoms with Crippen molar-refractivity contribution in [3.05, 3.63) is 35.9 Å². The van der Waals surface area contributed by atoms with Crippen molar-refractivity contribution < 1.29 is 4.74 Å². The summed E-state index contributed by atoms with van der Waals surface area (Å²) in [7, 11) is 1.80. The van der Waals surface area contributed by atoms with Crippen molar-refractivity contribution >= 4 is 29.9 Å². The number of hydrogen-bond acceptors (Lipinski definition) is 2. The first-order valence-electron chi connectivity index (χ1n) is 7.74. The van der Waals surface area contributed by atoms with Crippen LogP contribution in [0.1, 0.15) is 38.9 Å². The van der Waals surface area contributed by atoms with E-state index in [0.717, 1.165) is 32.1 Å². The van der Waals surface area contributed by atoms with E-state index >= 15 is 0 Å².